The number of rotatable bonds is 7. The maximum absolute atomic E-state index is 13.6. The standard InChI is InChI=1S/C28H36N4O5/c1-19-6-4-5-7-24(19)31-16-17-32(25(18-31)27(29)34)28(35)26(36-3)21-8-10-22(11-9-21)37-23-12-14-30(15-13-23)20(2)33/h4-11,23,25-26H,12-18H2,1-3H3,(H2,29,34). The van der Waals surface area contributed by atoms with Crippen molar-refractivity contribution in [2.24, 2.45) is 5.73 Å². The van der Waals surface area contributed by atoms with Crippen LogP contribution in [0.25, 0.3) is 0 Å². The number of para-hydroxylation sites is 1. The second-order valence-corrected chi connectivity index (χ2v) is 9.69. The van der Waals surface area contributed by atoms with Gasteiger partial charge in [0.15, 0.2) is 6.10 Å². The Morgan fingerprint density at radius 3 is 2.24 bits per heavy atom. The van der Waals surface area contributed by atoms with Crippen LogP contribution >= 0.6 is 0 Å². The largest absolute Gasteiger partial charge is 0.490 e. The highest BCUT2D eigenvalue weighted by atomic mass is 16.5. The molecule has 9 heteroatoms. The lowest BCUT2D eigenvalue weighted by Gasteiger charge is -2.42. The van der Waals surface area contributed by atoms with E-state index in [0.29, 0.717) is 44.0 Å². The molecule has 198 valence electrons. The normalized spacial score (nSPS) is 19.4. The zero-order valence-corrected chi connectivity index (χ0v) is 21.8. The van der Waals surface area contributed by atoms with Crippen LogP contribution in [0.15, 0.2) is 48.5 Å². The molecule has 2 aliphatic heterocycles. The summed E-state index contributed by atoms with van der Waals surface area (Å²) in [4.78, 5) is 42.9. The van der Waals surface area contributed by atoms with Crippen LogP contribution in [-0.2, 0) is 19.1 Å². The number of hydrogen-bond donors (Lipinski definition) is 1. The number of methoxy groups -OCH3 is 1. The van der Waals surface area contributed by atoms with Gasteiger partial charge in [-0.25, -0.2) is 0 Å². The Labute approximate surface area is 218 Å². The predicted molar refractivity (Wildman–Crippen MR) is 140 cm³/mol. The van der Waals surface area contributed by atoms with E-state index in [2.05, 4.69) is 4.90 Å². The van der Waals surface area contributed by atoms with E-state index >= 15 is 0 Å². The molecule has 37 heavy (non-hydrogen) atoms. The number of carbonyl (C=O) groups is 3. The van der Waals surface area contributed by atoms with Crippen molar-refractivity contribution in [1.29, 1.82) is 0 Å². The molecule has 9 nitrogen and oxygen atoms in total. The Bertz CT molecular complexity index is 1110. The Balaban J connectivity index is 1.42. The van der Waals surface area contributed by atoms with Gasteiger partial charge >= 0.3 is 0 Å². The average Bonchev–Trinajstić information content (AvgIpc) is 2.90. The summed E-state index contributed by atoms with van der Waals surface area (Å²) in [5.41, 5.74) is 8.56. The minimum absolute atomic E-state index is 0.0437. The second kappa shape index (κ2) is 11.6. The monoisotopic (exact) mass is 508 g/mol. The number of nitrogens with zero attached hydrogens (tertiary/aromatic N) is 3. The number of likely N-dealkylation sites (tertiary alicyclic amines) is 1. The highest BCUT2D eigenvalue weighted by molar-refractivity contribution is 5.90. The molecule has 2 fully saturated rings. The highest BCUT2D eigenvalue weighted by Gasteiger charge is 2.38. The lowest BCUT2D eigenvalue weighted by molar-refractivity contribution is -0.149. The zero-order valence-electron chi connectivity index (χ0n) is 21.8. The van der Waals surface area contributed by atoms with Gasteiger partial charge in [-0.3, -0.25) is 14.4 Å². The first-order valence-corrected chi connectivity index (χ1v) is 12.7. The number of piperazine rings is 1. The Morgan fingerprint density at radius 2 is 1.65 bits per heavy atom. The Kier molecular flexibility index (Phi) is 8.33. The van der Waals surface area contributed by atoms with Crippen molar-refractivity contribution in [3.05, 3.63) is 59.7 Å². The summed E-state index contributed by atoms with van der Waals surface area (Å²) in [5, 5.41) is 0. The maximum atomic E-state index is 13.6. The molecule has 0 spiro atoms. The van der Waals surface area contributed by atoms with Crippen LogP contribution in [0, 0.1) is 6.92 Å². The number of primary amides is 1. The van der Waals surface area contributed by atoms with Gasteiger partial charge in [0.25, 0.3) is 5.91 Å². The van der Waals surface area contributed by atoms with Crippen LogP contribution in [0.4, 0.5) is 5.69 Å². The Morgan fingerprint density at radius 1 is 0.973 bits per heavy atom. The molecule has 0 aromatic heterocycles. The molecule has 2 saturated heterocycles. The van der Waals surface area contributed by atoms with Gasteiger partial charge in [-0.1, -0.05) is 30.3 Å². The van der Waals surface area contributed by atoms with Gasteiger partial charge in [0.05, 0.1) is 0 Å². The molecule has 2 N–H and O–H groups in total. The van der Waals surface area contributed by atoms with E-state index in [1.54, 1.807) is 11.8 Å². The third-order valence-corrected chi connectivity index (χ3v) is 7.28. The number of aryl methyl sites for hydroxylation is 1. The number of benzene rings is 2. The topological polar surface area (TPSA) is 105 Å². The first kappa shape index (κ1) is 26.5. The van der Waals surface area contributed by atoms with Crippen molar-refractivity contribution in [2.45, 2.75) is 44.9 Å². The molecule has 0 bridgehead atoms. The number of ether oxygens (including phenoxy) is 2. The molecule has 2 unspecified atom stereocenters. The number of anilines is 1. The van der Waals surface area contributed by atoms with Crippen LogP contribution < -0.4 is 15.4 Å². The van der Waals surface area contributed by atoms with Crippen molar-refractivity contribution in [3.63, 3.8) is 0 Å². The van der Waals surface area contributed by atoms with Gasteiger partial charge in [-0.15, -0.1) is 0 Å². The lowest BCUT2D eigenvalue weighted by atomic mass is 10.0. The average molecular weight is 509 g/mol. The summed E-state index contributed by atoms with van der Waals surface area (Å²) in [6.45, 7) is 6.27. The molecular formula is C28H36N4O5. The Hall–Kier alpha value is -3.59. The van der Waals surface area contributed by atoms with Crippen molar-refractivity contribution < 1.29 is 23.9 Å². The van der Waals surface area contributed by atoms with Gasteiger partial charge in [0.2, 0.25) is 11.8 Å². The quantitative estimate of drug-likeness (QED) is 0.615. The summed E-state index contributed by atoms with van der Waals surface area (Å²) >= 11 is 0. The number of hydrogen-bond acceptors (Lipinski definition) is 6. The molecule has 2 aromatic rings. The highest BCUT2D eigenvalue weighted by Crippen LogP contribution is 2.28. The fourth-order valence-corrected chi connectivity index (χ4v) is 5.16. The van der Waals surface area contributed by atoms with Gasteiger partial charge in [-0.05, 0) is 36.2 Å². The number of nitrogens with two attached hydrogens (primary N) is 1. The maximum Gasteiger partial charge on any atom is 0.257 e. The minimum Gasteiger partial charge on any atom is -0.490 e. The van der Waals surface area contributed by atoms with Gasteiger partial charge < -0.3 is 29.9 Å². The smallest absolute Gasteiger partial charge is 0.257 e. The molecule has 0 saturated carbocycles. The van der Waals surface area contributed by atoms with Gasteiger partial charge in [0.1, 0.15) is 17.9 Å². The van der Waals surface area contributed by atoms with Gasteiger partial charge in [-0.2, -0.15) is 0 Å². The molecule has 2 aromatic carbocycles. The summed E-state index contributed by atoms with van der Waals surface area (Å²) in [5.74, 6) is -0.0375. The van der Waals surface area contributed by atoms with Crippen molar-refractivity contribution >= 4 is 23.4 Å². The van der Waals surface area contributed by atoms with E-state index < -0.39 is 18.1 Å². The summed E-state index contributed by atoms with van der Waals surface area (Å²) in [6, 6.07) is 14.5. The summed E-state index contributed by atoms with van der Waals surface area (Å²) < 4.78 is 11.7. The van der Waals surface area contributed by atoms with Crippen molar-refractivity contribution in [3.8, 4) is 5.75 Å². The van der Waals surface area contributed by atoms with Crippen LogP contribution in [0.5, 0.6) is 5.75 Å². The van der Waals surface area contributed by atoms with Crippen LogP contribution in [-0.4, -0.2) is 79.5 Å². The predicted octanol–water partition coefficient (Wildman–Crippen LogP) is 2.27. The molecule has 2 heterocycles. The fraction of sp³-hybridized carbons (Fsp3) is 0.464. The SMILES string of the molecule is COC(C(=O)N1CCN(c2ccccc2C)CC1C(N)=O)c1ccc(OC2CCN(C(C)=O)CC2)cc1. The molecule has 3 amide bonds. The van der Waals surface area contributed by atoms with E-state index in [1.165, 1.54) is 7.11 Å². The third kappa shape index (κ3) is 6.05. The van der Waals surface area contributed by atoms with E-state index in [4.69, 9.17) is 15.2 Å². The molecule has 4 rings (SSSR count). The van der Waals surface area contributed by atoms with E-state index in [9.17, 15) is 14.4 Å². The molecule has 2 aliphatic rings. The van der Waals surface area contributed by atoms with Crippen molar-refractivity contribution in [2.75, 3.05) is 44.7 Å². The lowest BCUT2D eigenvalue weighted by Crippen LogP contribution is -2.61. The van der Waals surface area contributed by atoms with E-state index in [1.807, 2.05) is 60.4 Å². The van der Waals surface area contributed by atoms with Crippen molar-refractivity contribution in [1.82, 2.24) is 9.80 Å². The number of carbonyl (C=O) groups excluding carboxylic acids is 3. The third-order valence-electron chi connectivity index (χ3n) is 7.28. The molecule has 0 aliphatic carbocycles. The second-order valence-electron chi connectivity index (χ2n) is 9.69. The first-order chi connectivity index (χ1) is 17.8. The zero-order chi connectivity index (χ0) is 26.5. The minimum atomic E-state index is -0.861. The summed E-state index contributed by atoms with van der Waals surface area (Å²) in [7, 11) is 1.48. The van der Waals surface area contributed by atoms with E-state index in [-0.39, 0.29) is 17.9 Å². The molecule has 2 atom stereocenters. The van der Waals surface area contributed by atoms with E-state index in [0.717, 1.165) is 24.1 Å². The van der Waals surface area contributed by atoms with Crippen LogP contribution in [0.2, 0.25) is 0 Å². The number of piperidine rings is 1. The first-order valence-electron chi connectivity index (χ1n) is 12.7. The number of amides is 3. The summed E-state index contributed by atoms with van der Waals surface area (Å²) in [6.07, 6.45) is 0.745. The fourth-order valence-electron chi connectivity index (χ4n) is 5.16. The van der Waals surface area contributed by atoms with Crippen LogP contribution in [0.1, 0.15) is 37.0 Å². The van der Waals surface area contributed by atoms with Crippen LogP contribution in [0.3, 0.4) is 0 Å². The molecular weight excluding hydrogens is 472 g/mol. The van der Waals surface area contributed by atoms with Gasteiger partial charge in [0, 0.05) is 65.3 Å². The molecule has 0 radical (unpaired) electrons.